The van der Waals surface area contributed by atoms with Crippen LogP contribution in [0.1, 0.15) is 38.3 Å². The maximum Gasteiger partial charge on any atom is 0.251 e. The molecule has 0 bridgehead atoms. The van der Waals surface area contributed by atoms with Crippen molar-refractivity contribution in [3.05, 3.63) is 63.7 Å². The number of carbonyl (C=O) groups is 2. The Bertz CT molecular complexity index is 895. The van der Waals surface area contributed by atoms with Gasteiger partial charge in [0, 0.05) is 42.0 Å². The smallest absolute Gasteiger partial charge is 0.251 e. The molecule has 3 rings (SSSR count). The Balaban J connectivity index is 1.63. The van der Waals surface area contributed by atoms with Crippen LogP contribution in [0.15, 0.2) is 36.4 Å². The molecule has 1 amide bonds. The first-order valence-electron chi connectivity index (χ1n) is 9.74. The summed E-state index contributed by atoms with van der Waals surface area (Å²) in [5.74, 6) is -0.418. The number of nitrogens with one attached hydrogen (secondary N) is 1. The Morgan fingerprint density at radius 3 is 2.62 bits per heavy atom. The van der Waals surface area contributed by atoms with E-state index in [4.69, 9.17) is 22.1 Å². The Morgan fingerprint density at radius 1 is 1.14 bits per heavy atom. The number of anilines is 1. The van der Waals surface area contributed by atoms with E-state index in [1.807, 2.05) is 6.92 Å². The fraction of sp³-hybridized carbons (Fsp3) is 0.364. The summed E-state index contributed by atoms with van der Waals surface area (Å²) in [5, 5.41) is 3.23. The number of rotatable bonds is 7. The largest absolute Gasteiger partial charge is 0.399 e. The molecule has 29 heavy (non-hydrogen) atoms. The van der Waals surface area contributed by atoms with E-state index in [2.05, 4.69) is 10.2 Å². The minimum absolute atomic E-state index is 0.190. The second kappa shape index (κ2) is 9.87. The summed E-state index contributed by atoms with van der Waals surface area (Å²) in [4.78, 5) is 27.8. The molecule has 3 N–H and O–H groups in total. The molecule has 0 unspecified atom stereocenters. The monoisotopic (exact) mass is 415 g/mol. The SMILES string of the molecule is Cc1ccc(C(=O)NCCCN2CCOCC2)cc1C(=O)c1ccc(N)cc1Cl. The minimum Gasteiger partial charge on any atom is -0.399 e. The number of benzene rings is 2. The second-order valence-electron chi connectivity index (χ2n) is 7.16. The average molecular weight is 416 g/mol. The van der Waals surface area contributed by atoms with E-state index >= 15 is 0 Å². The third-order valence-electron chi connectivity index (χ3n) is 5.02. The van der Waals surface area contributed by atoms with E-state index in [0.29, 0.717) is 33.9 Å². The van der Waals surface area contributed by atoms with Crippen molar-refractivity contribution in [2.75, 3.05) is 45.1 Å². The van der Waals surface area contributed by atoms with Crippen LogP contribution in [0, 0.1) is 6.92 Å². The van der Waals surface area contributed by atoms with Crippen LogP contribution in [-0.4, -0.2) is 56.0 Å². The fourth-order valence-corrected chi connectivity index (χ4v) is 3.57. The van der Waals surface area contributed by atoms with E-state index in [9.17, 15) is 9.59 Å². The lowest BCUT2D eigenvalue weighted by Gasteiger charge is -2.26. The van der Waals surface area contributed by atoms with Crippen LogP contribution in [0.25, 0.3) is 0 Å². The number of hydrogen-bond acceptors (Lipinski definition) is 5. The van der Waals surface area contributed by atoms with E-state index in [0.717, 1.165) is 44.8 Å². The van der Waals surface area contributed by atoms with Crippen molar-refractivity contribution in [3.63, 3.8) is 0 Å². The highest BCUT2D eigenvalue weighted by Gasteiger charge is 2.17. The number of halogens is 1. The van der Waals surface area contributed by atoms with Gasteiger partial charge in [-0.15, -0.1) is 0 Å². The summed E-state index contributed by atoms with van der Waals surface area (Å²) in [6.45, 7) is 6.75. The minimum atomic E-state index is -0.227. The van der Waals surface area contributed by atoms with Crippen molar-refractivity contribution in [1.82, 2.24) is 10.2 Å². The molecule has 0 radical (unpaired) electrons. The standard InChI is InChI=1S/C22H26ClN3O3/c1-15-3-4-16(22(28)25-7-2-8-26-9-11-29-12-10-26)13-19(15)21(27)18-6-5-17(24)14-20(18)23/h3-6,13-14H,2,7-12,24H2,1H3,(H,25,28). The van der Waals surface area contributed by atoms with Gasteiger partial charge in [0.2, 0.25) is 0 Å². The number of amides is 1. The molecule has 1 aliphatic heterocycles. The maximum atomic E-state index is 12.9. The van der Waals surface area contributed by atoms with Gasteiger partial charge in [0.25, 0.3) is 5.91 Å². The molecule has 0 saturated carbocycles. The highest BCUT2D eigenvalue weighted by atomic mass is 35.5. The number of nitrogen functional groups attached to an aromatic ring is 1. The van der Waals surface area contributed by atoms with Gasteiger partial charge in [-0.25, -0.2) is 0 Å². The lowest BCUT2D eigenvalue weighted by atomic mass is 9.96. The van der Waals surface area contributed by atoms with Crippen molar-refractivity contribution in [3.8, 4) is 0 Å². The number of ketones is 1. The van der Waals surface area contributed by atoms with Crippen LogP contribution in [-0.2, 0) is 4.74 Å². The Morgan fingerprint density at radius 2 is 1.90 bits per heavy atom. The highest BCUT2D eigenvalue weighted by Crippen LogP contribution is 2.24. The van der Waals surface area contributed by atoms with Gasteiger partial charge in [0.1, 0.15) is 0 Å². The summed E-state index contributed by atoms with van der Waals surface area (Å²) in [7, 11) is 0. The van der Waals surface area contributed by atoms with Gasteiger partial charge in [-0.2, -0.15) is 0 Å². The van der Waals surface area contributed by atoms with Crippen LogP contribution in [0.4, 0.5) is 5.69 Å². The molecule has 1 heterocycles. The van der Waals surface area contributed by atoms with Gasteiger partial charge in [-0.05, 0) is 55.8 Å². The lowest BCUT2D eigenvalue weighted by Crippen LogP contribution is -2.38. The molecule has 0 aromatic heterocycles. The van der Waals surface area contributed by atoms with E-state index in [1.165, 1.54) is 0 Å². The maximum absolute atomic E-state index is 12.9. The first-order valence-corrected chi connectivity index (χ1v) is 10.1. The van der Waals surface area contributed by atoms with Crippen LogP contribution < -0.4 is 11.1 Å². The van der Waals surface area contributed by atoms with Gasteiger partial charge >= 0.3 is 0 Å². The van der Waals surface area contributed by atoms with Crippen molar-refractivity contribution < 1.29 is 14.3 Å². The third-order valence-corrected chi connectivity index (χ3v) is 5.34. The topological polar surface area (TPSA) is 84.7 Å². The number of ether oxygens (including phenoxy) is 1. The molecule has 0 aliphatic carbocycles. The van der Waals surface area contributed by atoms with E-state index in [-0.39, 0.29) is 11.7 Å². The van der Waals surface area contributed by atoms with Crippen molar-refractivity contribution in [2.45, 2.75) is 13.3 Å². The molecule has 0 atom stereocenters. The zero-order chi connectivity index (χ0) is 20.8. The molecule has 2 aromatic rings. The predicted octanol–water partition coefficient (Wildman–Crippen LogP) is 2.91. The van der Waals surface area contributed by atoms with E-state index in [1.54, 1.807) is 36.4 Å². The van der Waals surface area contributed by atoms with Gasteiger partial charge in [0.15, 0.2) is 5.78 Å². The fourth-order valence-electron chi connectivity index (χ4n) is 3.30. The van der Waals surface area contributed by atoms with E-state index < -0.39 is 0 Å². The summed E-state index contributed by atoms with van der Waals surface area (Å²) in [6.07, 6.45) is 0.866. The molecule has 0 spiro atoms. The quantitative estimate of drug-likeness (QED) is 0.412. The molecule has 1 aliphatic rings. The van der Waals surface area contributed by atoms with Crippen LogP contribution in [0.2, 0.25) is 5.02 Å². The summed E-state index contributed by atoms with van der Waals surface area (Å²) in [5.41, 5.74) is 8.26. The van der Waals surface area contributed by atoms with Crippen molar-refractivity contribution >= 4 is 29.0 Å². The molecule has 6 nitrogen and oxygen atoms in total. The Hall–Kier alpha value is -2.41. The number of hydrogen-bond donors (Lipinski definition) is 2. The summed E-state index contributed by atoms with van der Waals surface area (Å²) in [6, 6.07) is 9.93. The number of morpholine rings is 1. The highest BCUT2D eigenvalue weighted by molar-refractivity contribution is 6.35. The molecular formula is C22H26ClN3O3. The number of aryl methyl sites for hydroxylation is 1. The lowest BCUT2D eigenvalue weighted by molar-refractivity contribution is 0.0374. The molecule has 1 saturated heterocycles. The van der Waals surface area contributed by atoms with Crippen LogP contribution in [0.5, 0.6) is 0 Å². The predicted molar refractivity (Wildman–Crippen MR) is 115 cm³/mol. The number of carbonyl (C=O) groups excluding carboxylic acids is 2. The molecule has 2 aromatic carbocycles. The number of nitrogens with two attached hydrogens (primary N) is 1. The summed E-state index contributed by atoms with van der Waals surface area (Å²) >= 11 is 6.19. The molecular weight excluding hydrogens is 390 g/mol. The van der Waals surface area contributed by atoms with Gasteiger partial charge in [-0.3, -0.25) is 14.5 Å². The Kier molecular flexibility index (Phi) is 7.25. The Labute approximate surface area is 176 Å². The van der Waals surface area contributed by atoms with Gasteiger partial charge < -0.3 is 15.8 Å². The summed E-state index contributed by atoms with van der Waals surface area (Å²) < 4.78 is 5.33. The van der Waals surface area contributed by atoms with Gasteiger partial charge in [0.05, 0.1) is 18.2 Å². The average Bonchev–Trinajstić information content (AvgIpc) is 2.72. The molecule has 154 valence electrons. The zero-order valence-electron chi connectivity index (χ0n) is 16.5. The van der Waals surface area contributed by atoms with Crippen LogP contribution >= 0.6 is 11.6 Å². The molecule has 7 heteroatoms. The third kappa shape index (κ3) is 5.56. The first-order chi connectivity index (χ1) is 14.0. The first kappa shape index (κ1) is 21.3. The second-order valence-corrected chi connectivity index (χ2v) is 7.57. The van der Waals surface area contributed by atoms with Gasteiger partial charge in [-0.1, -0.05) is 17.7 Å². The van der Waals surface area contributed by atoms with Crippen LogP contribution in [0.3, 0.4) is 0 Å². The van der Waals surface area contributed by atoms with Crippen molar-refractivity contribution in [1.29, 1.82) is 0 Å². The normalized spacial score (nSPS) is 14.6. The molecule has 1 fully saturated rings. The zero-order valence-corrected chi connectivity index (χ0v) is 17.3. The van der Waals surface area contributed by atoms with Crippen molar-refractivity contribution in [2.24, 2.45) is 0 Å². The number of nitrogens with zero attached hydrogens (tertiary/aromatic N) is 1.